The number of nitrogens with zero attached hydrogens (tertiary/aromatic N) is 2. The number of carbonyl (C=O) groups excluding carboxylic acids is 3. The lowest BCUT2D eigenvalue weighted by Gasteiger charge is -2.19. The van der Waals surface area contributed by atoms with E-state index in [2.05, 4.69) is 22.4 Å². The highest BCUT2D eigenvalue weighted by molar-refractivity contribution is 7.15. The van der Waals surface area contributed by atoms with Crippen molar-refractivity contribution in [1.82, 2.24) is 9.88 Å². The molecule has 1 saturated carbocycles. The molecule has 2 aromatic rings. The zero-order valence-electron chi connectivity index (χ0n) is 15.6. The van der Waals surface area contributed by atoms with Crippen molar-refractivity contribution in [2.24, 2.45) is 11.8 Å². The summed E-state index contributed by atoms with van der Waals surface area (Å²) in [5.74, 6) is -0.743. The van der Waals surface area contributed by atoms with Crippen LogP contribution in [0.15, 0.2) is 36.5 Å². The molecule has 1 saturated heterocycles. The van der Waals surface area contributed by atoms with E-state index in [-0.39, 0.29) is 42.5 Å². The number of aromatic nitrogens is 1. The molecule has 4 rings (SSSR count). The standard InChI is InChI=1S/C21H23N3O3S/c25-18(10-11-24-19(26)16-8-4-5-9-17(16)20(24)27)23-21-22-13-15(28-21)12-14-6-2-1-3-7-14/h1-3,6-7,13,16-17H,4-5,8-12H2,(H,22,23,25)/t16-,17-/m0/s1. The topological polar surface area (TPSA) is 79.4 Å². The van der Waals surface area contributed by atoms with Crippen LogP contribution in [0.25, 0.3) is 0 Å². The minimum Gasteiger partial charge on any atom is -0.302 e. The molecule has 146 valence electrons. The Labute approximate surface area is 168 Å². The SMILES string of the molecule is O=C(CCN1C(=O)[C@H]2CCCC[C@@H]2C1=O)Nc1ncc(Cc2ccccc2)s1. The van der Waals surface area contributed by atoms with Crippen molar-refractivity contribution in [3.63, 3.8) is 0 Å². The molecule has 0 unspecified atom stereocenters. The molecular weight excluding hydrogens is 374 g/mol. The number of benzene rings is 1. The van der Waals surface area contributed by atoms with Gasteiger partial charge in [0, 0.05) is 30.5 Å². The molecular formula is C21H23N3O3S. The predicted octanol–water partition coefficient (Wildman–Crippen LogP) is 3.24. The van der Waals surface area contributed by atoms with Gasteiger partial charge in [-0.2, -0.15) is 0 Å². The molecule has 2 heterocycles. The van der Waals surface area contributed by atoms with E-state index in [0.29, 0.717) is 5.13 Å². The monoisotopic (exact) mass is 397 g/mol. The molecule has 28 heavy (non-hydrogen) atoms. The van der Waals surface area contributed by atoms with Crippen LogP contribution in [0, 0.1) is 11.8 Å². The van der Waals surface area contributed by atoms with Crippen LogP contribution in [0.1, 0.15) is 42.5 Å². The number of likely N-dealkylation sites (tertiary alicyclic amines) is 1. The Bertz CT molecular complexity index is 856. The Hall–Kier alpha value is -2.54. The Morgan fingerprint density at radius 1 is 1.11 bits per heavy atom. The van der Waals surface area contributed by atoms with Gasteiger partial charge >= 0.3 is 0 Å². The number of amides is 3. The van der Waals surface area contributed by atoms with E-state index >= 15 is 0 Å². The van der Waals surface area contributed by atoms with E-state index in [0.717, 1.165) is 37.0 Å². The quantitative estimate of drug-likeness (QED) is 0.759. The van der Waals surface area contributed by atoms with Crippen LogP contribution in [0.5, 0.6) is 0 Å². The normalized spacial score (nSPS) is 21.6. The van der Waals surface area contributed by atoms with Crippen LogP contribution in [0.2, 0.25) is 0 Å². The molecule has 1 aromatic heterocycles. The molecule has 1 N–H and O–H groups in total. The predicted molar refractivity (Wildman–Crippen MR) is 107 cm³/mol. The third-order valence-corrected chi connectivity index (χ3v) is 6.43. The summed E-state index contributed by atoms with van der Waals surface area (Å²) < 4.78 is 0. The maximum Gasteiger partial charge on any atom is 0.233 e. The van der Waals surface area contributed by atoms with Crippen LogP contribution < -0.4 is 5.32 Å². The first-order valence-corrected chi connectivity index (χ1v) is 10.6. The fraction of sp³-hybridized carbons (Fsp3) is 0.429. The molecule has 0 radical (unpaired) electrons. The van der Waals surface area contributed by atoms with Gasteiger partial charge in [0.05, 0.1) is 11.8 Å². The second kappa shape index (κ2) is 8.22. The molecule has 6 nitrogen and oxygen atoms in total. The Morgan fingerprint density at radius 3 is 2.46 bits per heavy atom. The number of hydrogen-bond acceptors (Lipinski definition) is 5. The Morgan fingerprint density at radius 2 is 1.79 bits per heavy atom. The molecule has 2 fully saturated rings. The van der Waals surface area contributed by atoms with E-state index in [1.807, 2.05) is 18.2 Å². The lowest BCUT2D eigenvalue weighted by atomic mass is 9.81. The highest BCUT2D eigenvalue weighted by Gasteiger charge is 2.47. The molecule has 3 amide bonds. The highest BCUT2D eigenvalue weighted by atomic mass is 32.1. The first-order chi connectivity index (χ1) is 13.6. The van der Waals surface area contributed by atoms with Crippen LogP contribution in [-0.4, -0.2) is 34.2 Å². The minimum atomic E-state index is -0.226. The molecule has 1 aromatic carbocycles. The number of hydrogen-bond donors (Lipinski definition) is 1. The van der Waals surface area contributed by atoms with Gasteiger partial charge < -0.3 is 5.32 Å². The Kier molecular flexibility index (Phi) is 5.52. The summed E-state index contributed by atoms with van der Waals surface area (Å²) in [6.45, 7) is 0.152. The van der Waals surface area contributed by atoms with Gasteiger partial charge in [-0.1, -0.05) is 43.2 Å². The summed E-state index contributed by atoms with van der Waals surface area (Å²) in [5.41, 5.74) is 1.19. The van der Waals surface area contributed by atoms with Crippen molar-refractivity contribution >= 4 is 34.2 Å². The molecule has 0 spiro atoms. The zero-order valence-corrected chi connectivity index (χ0v) is 16.4. The maximum absolute atomic E-state index is 12.5. The highest BCUT2D eigenvalue weighted by Crippen LogP contribution is 2.38. The van der Waals surface area contributed by atoms with Crippen LogP contribution in [0.3, 0.4) is 0 Å². The van der Waals surface area contributed by atoms with Gasteiger partial charge in [-0.25, -0.2) is 4.98 Å². The fourth-order valence-electron chi connectivity index (χ4n) is 4.09. The summed E-state index contributed by atoms with van der Waals surface area (Å²) in [6.07, 6.45) is 6.24. The third kappa shape index (κ3) is 3.99. The van der Waals surface area contributed by atoms with Crippen LogP contribution in [-0.2, 0) is 20.8 Å². The molecule has 2 atom stereocenters. The maximum atomic E-state index is 12.5. The summed E-state index contributed by atoms with van der Waals surface area (Å²) >= 11 is 1.44. The second-order valence-electron chi connectivity index (χ2n) is 7.42. The number of fused-ring (bicyclic) bond motifs is 1. The van der Waals surface area contributed by atoms with Gasteiger partial charge in [0.2, 0.25) is 17.7 Å². The summed E-state index contributed by atoms with van der Waals surface area (Å²) in [4.78, 5) is 43.8. The van der Waals surface area contributed by atoms with Crippen LogP contribution >= 0.6 is 11.3 Å². The minimum absolute atomic E-state index is 0.0955. The summed E-state index contributed by atoms with van der Waals surface area (Å²) in [7, 11) is 0. The van der Waals surface area contributed by atoms with E-state index in [1.165, 1.54) is 21.8 Å². The zero-order chi connectivity index (χ0) is 19.5. The average molecular weight is 398 g/mol. The first kappa shape index (κ1) is 18.8. The lowest BCUT2D eigenvalue weighted by Crippen LogP contribution is -2.34. The van der Waals surface area contributed by atoms with Gasteiger partial charge in [-0.3, -0.25) is 19.3 Å². The van der Waals surface area contributed by atoms with E-state index in [1.54, 1.807) is 6.20 Å². The van der Waals surface area contributed by atoms with Gasteiger partial charge in [0.15, 0.2) is 5.13 Å². The third-order valence-electron chi connectivity index (χ3n) is 5.52. The number of thiazole rings is 1. The molecule has 1 aliphatic carbocycles. The van der Waals surface area contributed by atoms with Crippen molar-refractivity contribution in [2.45, 2.75) is 38.5 Å². The lowest BCUT2D eigenvalue weighted by molar-refractivity contribution is -0.140. The van der Waals surface area contributed by atoms with Crippen molar-refractivity contribution < 1.29 is 14.4 Å². The molecule has 0 bridgehead atoms. The number of nitrogens with one attached hydrogen (secondary N) is 1. The van der Waals surface area contributed by atoms with Crippen molar-refractivity contribution in [3.05, 3.63) is 47.0 Å². The summed E-state index contributed by atoms with van der Waals surface area (Å²) in [6, 6.07) is 10.1. The Balaban J connectivity index is 1.29. The van der Waals surface area contributed by atoms with E-state index in [9.17, 15) is 14.4 Å². The van der Waals surface area contributed by atoms with Gasteiger partial charge in [-0.05, 0) is 18.4 Å². The van der Waals surface area contributed by atoms with Gasteiger partial charge in [-0.15, -0.1) is 11.3 Å². The van der Waals surface area contributed by atoms with Crippen LogP contribution in [0.4, 0.5) is 5.13 Å². The largest absolute Gasteiger partial charge is 0.302 e. The van der Waals surface area contributed by atoms with Gasteiger partial charge in [0.1, 0.15) is 0 Å². The molecule has 2 aliphatic rings. The van der Waals surface area contributed by atoms with E-state index in [4.69, 9.17) is 0 Å². The average Bonchev–Trinajstić information content (AvgIpc) is 3.24. The smallest absolute Gasteiger partial charge is 0.233 e. The van der Waals surface area contributed by atoms with Crippen molar-refractivity contribution in [2.75, 3.05) is 11.9 Å². The van der Waals surface area contributed by atoms with Gasteiger partial charge in [0.25, 0.3) is 0 Å². The van der Waals surface area contributed by atoms with E-state index < -0.39 is 0 Å². The van der Waals surface area contributed by atoms with Crippen molar-refractivity contribution in [3.8, 4) is 0 Å². The second-order valence-corrected chi connectivity index (χ2v) is 8.53. The number of anilines is 1. The fourth-order valence-corrected chi connectivity index (χ4v) is 4.95. The number of carbonyl (C=O) groups is 3. The number of imide groups is 1. The molecule has 1 aliphatic heterocycles. The first-order valence-electron chi connectivity index (χ1n) is 9.75. The van der Waals surface area contributed by atoms with Crippen molar-refractivity contribution in [1.29, 1.82) is 0 Å². The summed E-state index contributed by atoms with van der Waals surface area (Å²) in [5, 5.41) is 3.33. The number of rotatable bonds is 6. The molecule has 7 heteroatoms.